The Hall–Kier alpha value is -2.99. The summed E-state index contributed by atoms with van der Waals surface area (Å²) in [6.07, 6.45) is 1.56. The van der Waals surface area contributed by atoms with Gasteiger partial charge in [-0.15, -0.1) is 0 Å². The van der Waals surface area contributed by atoms with Crippen LogP contribution in [0, 0.1) is 17.0 Å². The summed E-state index contributed by atoms with van der Waals surface area (Å²) in [4.78, 5) is 26.6. The van der Waals surface area contributed by atoms with Gasteiger partial charge in [-0.05, 0) is 36.8 Å². The summed E-state index contributed by atoms with van der Waals surface area (Å²) < 4.78 is 5.12. The quantitative estimate of drug-likeness (QED) is 0.366. The summed E-state index contributed by atoms with van der Waals surface area (Å²) in [6.45, 7) is 1.64. The second-order valence-electron chi connectivity index (χ2n) is 5.15. The Morgan fingerprint density at radius 2 is 1.92 bits per heavy atom. The first kappa shape index (κ1) is 15.9. The molecular formula is C17H11ClN2O4. The lowest BCUT2D eigenvalue weighted by atomic mass is 10.1. The van der Waals surface area contributed by atoms with E-state index >= 15 is 0 Å². The molecule has 1 aliphatic heterocycles. The molecule has 0 aromatic heterocycles. The van der Waals surface area contributed by atoms with Crippen LogP contribution in [0.3, 0.4) is 0 Å². The second-order valence-corrected chi connectivity index (χ2v) is 5.58. The Labute approximate surface area is 142 Å². The van der Waals surface area contributed by atoms with Gasteiger partial charge in [0, 0.05) is 22.2 Å². The average molecular weight is 343 g/mol. The van der Waals surface area contributed by atoms with Gasteiger partial charge >= 0.3 is 5.97 Å². The van der Waals surface area contributed by atoms with E-state index in [1.54, 1.807) is 49.4 Å². The van der Waals surface area contributed by atoms with Crippen molar-refractivity contribution in [2.45, 2.75) is 6.92 Å². The maximum atomic E-state index is 12.0. The summed E-state index contributed by atoms with van der Waals surface area (Å²) >= 11 is 5.82. The summed E-state index contributed by atoms with van der Waals surface area (Å²) in [5, 5.41) is 11.6. The first-order chi connectivity index (χ1) is 11.4. The van der Waals surface area contributed by atoms with Crippen molar-refractivity contribution in [2.75, 3.05) is 0 Å². The Balaban J connectivity index is 1.96. The monoisotopic (exact) mass is 342 g/mol. The number of cyclic esters (lactones) is 1. The van der Waals surface area contributed by atoms with Crippen molar-refractivity contribution in [3.63, 3.8) is 0 Å². The molecule has 0 radical (unpaired) electrons. The third-order valence-corrected chi connectivity index (χ3v) is 3.70. The van der Waals surface area contributed by atoms with Crippen molar-refractivity contribution in [2.24, 2.45) is 4.99 Å². The fraction of sp³-hybridized carbons (Fsp3) is 0.0588. The molecule has 0 N–H and O–H groups in total. The van der Waals surface area contributed by atoms with Crippen LogP contribution in [0.1, 0.15) is 16.7 Å². The molecule has 1 aliphatic rings. The molecule has 0 saturated heterocycles. The number of carbonyl (C=O) groups is 1. The fourth-order valence-corrected chi connectivity index (χ4v) is 2.31. The number of rotatable bonds is 3. The van der Waals surface area contributed by atoms with Crippen molar-refractivity contribution in [3.8, 4) is 0 Å². The van der Waals surface area contributed by atoms with E-state index < -0.39 is 10.9 Å². The Kier molecular flexibility index (Phi) is 4.14. The van der Waals surface area contributed by atoms with Crippen molar-refractivity contribution >= 4 is 35.2 Å². The van der Waals surface area contributed by atoms with Crippen molar-refractivity contribution in [3.05, 3.63) is 80.0 Å². The van der Waals surface area contributed by atoms with Crippen LogP contribution in [0.2, 0.25) is 5.02 Å². The van der Waals surface area contributed by atoms with Gasteiger partial charge in [-0.1, -0.05) is 29.8 Å². The van der Waals surface area contributed by atoms with Crippen molar-refractivity contribution < 1.29 is 14.5 Å². The molecule has 0 saturated carbocycles. The third kappa shape index (κ3) is 3.18. The highest BCUT2D eigenvalue weighted by atomic mass is 35.5. The third-order valence-electron chi connectivity index (χ3n) is 3.45. The molecule has 120 valence electrons. The molecule has 0 aliphatic carbocycles. The number of hydrogen-bond donors (Lipinski definition) is 0. The minimum absolute atomic E-state index is 0.0447. The number of benzene rings is 2. The maximum Gasteiger partial charge on any atom is 0.363 e. The average Bonchev–Trinajstić information content (AvgIpc) is 2.90. The minimum atomic E-state index is -0.608. The number of nitrogens with zero attached hydrogens (tertiary/aromatic N) is 2. The number of hydrogen-bond acceptors (Lipinski definition) is 5. The van der Waals surface area contributed by atoms with Crippen molar-refractivity contribution in [1.82, 2.24) is 0 Å². The second kappa shape index (κ2) is 6.25. The molecule has 0 fully saturated rings. The van der Waals surface area contributed by atoms with Crippen LogP contribution in [0.5, 0.6) is 0 Å². The molecule has 1 heterocycles. The molecule has 0 atom stereocenters. The van der Waals surface area contributed by atoms with E-state index in [1.165, 1.54) is 6.07 Å². The van der Waals surface area contributed by atoms with Gasteiger partial charge in [-0.2, -0.15) is 0 Å². The molecule has 2 aromatic rings. The number of esters is 1. The lowest BCUT2D eigenvalue weighted by Gasteiger charge is -2.01. The highest BCUT2D eigenvalue weighted by molar-refractivity contribution is 6.30. The van der Waals surface area contributed by atoms with Crippen molar-refractivity contribution in [1.29, 1.82) is 0 Å². The number of nitro groups is 1. The molecule has 6 nitrogen and oxygen atoms in total. The number of aryl methyl sites for hydroxylation is 1. The smallest absolute Gasteiger partial charge is 0.363 e. The molecule has 3 rings (SSSR count). The lowest BCUT2D eigenvalue weighted by molar-refractivity contribution is -0.385. The standard InChI is InChI=1S/C17H11ClN2O4/c1-10-2-5-12(9-15(10)20(22)23)16-19-14(17(21)24-16)8-11-3-6-13(18)7-4-11/h2-9H,1H3. The molecule has 24 heavy (non-hydrogen) atoms. The van der Waals surface area contributed by atoms with Gasteiger partial charge in [-0.3, -0.25) is 10.1 Å². The molecule has 0 unspecified atom stereocenters. The van der Waals surface area contributed by atoms with Gasteiger partial charge in [0.15, 0.2) is 5.70 Å². The normalized spacial score (nSPS) is 15.3. The van der Waals surface area contributed by atoms with E-state index in [9.17, 15) is 14.9 Å². The highest BCUT2D eigenvalue weighted by Crippen LogP contribution is 2.24. The zero-order valence-electron chi connectivity index (χ0n) is 12.5. The predicted octanol–water partition coefficient (Wildman–Crippen LogP) is 3.90. The Morgan fingerprint density at radius 1 is 1.21 bits per heavy atom. The van der Waals surface area contributed by atoms with Gasteiger partial charge in [0.2, 0.25) is 5.90 Å². The van der Waals surface area contributed by atoms with E-state index in [0.29, 0.717) is 16.1 Å². The molecule has 0 bridgehead atoms. The number of halogens is 1. The highest BCUT2D eigenvalue weighted by Gasteiger charge is 2.25. The number of nitro benzene ring substituents is 1. The predicted molar refractivity (Wildman–Crippen MR) is 89.9 cm³/mol. The summed E-state index contributed by atoms with van der Waals surface area (Å²) in [6, 6.07) is 11.4. The number of carbonyl (C=O) groups excluding carboxylic acids is 1. The first-order valence-electron chi connectivity index (χ1n) is 6.97. The van der Waals surface area contributed by atoms with Gasteiger partial charge in [0.05, 0.1) is 4.92 Å². The summed E-state index contributed by atoms with van der Waals surface area (Å²) in [7, 11) is 0. The fourth-order valence-electron chi connectivity index (χ4n) is 2.19. The minimum Gasteiger partial charge on any atom is -0.402 e. The topological polar surface area (TPSA) is 81.8 Å². The largest absolute Gasteiger partial charge is 0.402 e. The summed E-state index contributed by atoms with van der Waals surface area (Å²) in [5.41, 5.74) is 1.70. The SMILES string of the molecule is Cc1ccc(C2=NC(=Cc3ccc(Cl)cc3)C(=O)O2)cc1[N+](=O)[O-]. The maximum absolute atomic E-state index is 12.0. The Bertz CT molecular complexity index is 901. The molecule has 7 heteroatoms. The van der Waals surface area contributed by atoms with Gasteiger partial charge in [0.1, 0.15) is 0 Å². The van der Waals surface area contributed by atoms with E-state index in [4.69, 9.17) is 16.3 Å². The van der Waals surface area contributed by atoms with Crippen LogP contribution in [0.25, 0.3) is 6.08 Å². The Morgan fingerprint density at radius 3 is 2.58 bits per heavy atom. The molecule has 0 spiro atoms. The van der Waals surface area contributed by atoms with E-state index in [0.717, 1.165) is 5.56 Å². The zero-order valence-corrected chi connectivity index (χ0v) is 13.3. The van der Waals surface area contributed by atoms with Gasteiger partial charge < -0.3 is 4.74 Å². The van der Waals surface area contributed by atoms with E-state index in [2.05, 4.69) is 4.99 Å². The molecular weight excluding hydrogens is 332 g/mol. The molecule has 0 amide bonds. The molecule has 2 aromatic carbocycles. The zero-order chi connectivity index (χ0) is 17.3. The van der Waals surface area contributed by atoms with Crippen LogP contribution in [-0.2, 0) is 9.53 Å². The van der Waals surface area contributed by atoms with Crippen LogP contribution in [-0.4, -0.2) is 16.8 Å². The lowest BCUT2D eigenvalue weighted by Crippen LogP contribution is -2.06. The number of aliphatic imine (C=N–C) groups is 1. The van der Waals surface area contributed by atoms with Crippen LogP contribution in [0.15, 0.2) is 53.2 Å². The first-order valence-corrected chi connectivity index (χ1v) is 7.35. The summed E-state index contributed by atoms with van der Waals surface area (Å²) in [5.74, 6) is -0.563. The van der Waals surface area contributed by atoms with Crippen LogP contribution in [0.4, 0.5) is 5.69 Å². The van der Waals surface area contributed by atoms with E-state index in [-0.39, 0.29) is 17.3 Å². The van der Waals surface area contributed by atoms with Crippen LogP contribution < -0.4 is 0 Å². The number of ether oxygens (including phenoxy) is 1. The van der Waals surface area contributed by atoms with Gasteiger partial charge in [-0.25, -0.2) is 9.79 Å². The van der Waals surface area contributed by atoms with Gasteiger partial charge in [0.25, 0.3) is 5.69 Å². The van der Waals surface area contributed by atoms with Crippen LogP contribution >= 0.6 is 11.6 Å². The van der Waals surface area contributed by atoms with E-state index in [1.807, 2.05) is 0 Å².